The molecule has 4 aromatic rings. The Kier molecular flexibility index (Phi) is 5.98. The molecule has 3 N–H and O–H groups in total. The van der Waals surface area contributed by atoms with Crippen molar-refractivity contribution in [2.45, 2.75) is 31.3 Å². The van der Waals surface area contributed by atoms with Gasteiger partial charge in [-0.15, -0.1) is 11.3 Å². The van der Waals surface area contributed by atoms with Crippen LogP contribution in [0.25, 0.3) is 10.2 Å². The van der Waals surface area contributed by atoms with Crippen molar-refractivity contribution in [3.05, 3.63) is 89.1 Å². The largest absolute Gasteiger partial charge is 0.367 e. The number of pyridine rings is 1. The fourth-order valence-corrected chi connectivity index (χ4v) is 5.12. The van der Waals surface area contributed by atoms with Gasteiger partial charge in [0.05, 0.1) is 32.9 Å². The van der Waals surface area contributed by atoms with Crippen molar-refractivity contribution < 1.29 is 9.59 Å². The maximum atomic E-state index is 13.2. The van der Waals surface area contributed by atoms with E-state index in [1.165, 1.54) is 0 Å². The number of carbonyl (C=O) groups excluding carboxylic acids is 2. The first-order valence-corrected chi connectivity index (χ1v) is 12.1. The van der Waals surface area contributed by atoms with E-state index < -0.39 is 5.54 Å². The molecule has 7 nitrogen and oxygen atoms in total. The summed E-state index contributed by atoms with van der Waals surface area (Å²) in [7, 11) is 0. The number of amides is 2. The summed E-state index contributed by atoms with van der Waals surface area (Å²) in [6, 6.07) is 19.3. The van der Waals surface area contributed by atoms with Crippen LogP contribution in [0.1, 0.15) is 47.3 Å². The van der Waals surface area contributed by atoms with Gasteiger partial charge in [0.15, 0.2) is 0 Å². The number of anilines is 1. The van der Waals surface area contributed by atoms with Gasteiger partial charge in [-0.1, -0.05) is 36.4 Å². The van der Waals surface area contributed by atoms with Crippen LogP contribution < -0.4 is 16.0 Å². The summed E-state index contributed by atoms with van der Waals surface area (Å²) in [5.74, 6) is 0.301. The van der Waals surface area contributed by atoms with E-state index in [4.69, 9.17) is 0 Å². The summed E-state index contributed by atoms with van der Waals surface area (Å²) in [5.41, 5.74) is 4.74. The number of thiazole rings is 1. The number of benzene rings is 2. The zero-order valence-corrected chi connectivity index (χ0v) is 19.6. The van der Waals surface area contributed by atoms with Crippen molar-refractivity contribution in [3.63, 3.8) is 0 Å². The SMILES string of the molecule is CC(NC(=O)c1cccnc1NCC1(c2ccccc2)CCC(=O)N1)c1ccc2ncsc2c1. The van der Waals surface area contributed by atoms with Gasteiger partial charge in [0.25, 0.3) is 5.91 Å². The first-order chi connectivity index (χ1) is 16.5. The molecule has 2 aromatic heterocycles. The van der Waals surface area contributed by atoms with Crippen LogP contribution in [0.2, 0.25) is 0 Å². The van der Waals surface area contributed by atoms with E-state index in [-0.39, 0.29) is 17.9 Å². The fraction of sp³-hybridized carbons (Fsp3) is 0.231. The molecule has 2 aromatic carbocycles. The zero-order chi connectivity index (χ0) is 23.5. The molecule has 0 spiro atoms. The number of nitrogens with one attached hydrogen (secondary N) is 3. The third kappa shape index (κ3) is 4.36. The van der Waals surface area contributed by atoms with E-state index in [1.807, 2.05) is 54.9 Å². The third-order valence-electron chi connectivity index (χ3n) is 6.30. The molecule has 0 saturated carbocycles. The van der Waals surface area contributed by atoms with Crippen LogP contribution in [-0.4, -0.2) is 28.3 Å². The fourth-order valence-electron chi connectivity index (χ4n) is 4.39. The second-order valence-corrected chi connectivity index (χ2v) is 9.41. The second kappa shape index (κ2) is 9.23. The summed E-state index contributed by atoms with van der Waals surface area (Å²) < 4.78 is 1.09. The van der Waals surface area contributed by atoms with Crippen LogP contribution in [0.5, 0.6) is 0 Å². The summed E-state index contributed by atoms with van der Waals surface area (Å²) >= 11 is 1.58. The van der Waals surface area contributed by atoms with Crippen LogP contribution in [0.4, 0.5) is 5.82 Å². The molecule has 1 fully saturated rings. The molecule has 0 radical (unpaired) electrons. The van der Waals surface area contributed by atoms with Gasteiger partial charge >= 0.3 is 0 Å². The molecule has 1 aliphatic rings. The summed E-state index contributed by atoms with van der Waals surface area (Å²) in [4.78, 5) is 34.0. The maximum Gasteiger partial charge on any atom is 0.255 e. The standard InChI is InChI=1S/C26H25N5O2S/c1-17(18-9-10-21-22(14-18)34-16-29-21)30-25(33)20-8-5-13-27-24(20)28-15-26(12-11-23(32)31-26)19-6-3-2-4-7-19/h2-10,13-14,16-17H,11-12,15H2,1H3,(H,27,28)(H,30,33)(H,31,32). The molecule has 172 valence electrons. The molecule has 3 heterocycles. The lowest BCUT2D eigenvalue weighted by Gasteiger charge is -2.30. The van der Waals surface area contributed by atoms with Gasteiger partial charge in [0.1, 0.15) is 5.82 Å². The number of carbonyl (C=O) groups is 2. The van der Waals surface area contributed by atoms with Crippen molar-refractivity contribution in [1.82, 2.24) is 20.6 Å². The van der Waals surface area contributed by atoms with Crippen LogP contribution >= 0.6 is 11.3 Å². The molecule has 2 atom stereocenters. The van der Waals surface area contributed by atoms with Gasteiger partial charge in [0.2, 0.25) is 5.91 Å². The monoisotopic (exact) mass is 471 g/mol. The molecule has 2 amide bonds. The van der Waals surface area contributed by atoms with Crippen LogP contribution in [0.3, 0.4) is 0 Å². The average Bonchev–Trinajstić information content (AvgIpc) is 3.50. The van der Waals surface area contributed by atoms with Crippen molar-refractivity contribution in [1.29, 1.82) is 0 Å². The Morgan fingerprint density at radius 2 is 2.00 bits per heavy atom. The number of nitrogens with zero attached hydrogens (tertiary/aromatic N) is 2. The summed E-state index contributed by atoms with van der Waals surface area (Å²) in [6.07, 6.45) is 2.80. The highest BCUT2D eigenvalue weighted by Gasteiger charge is 2.39. The normalized spacial score (nSPS) is 18.4. The molecule has 0 aliphatic carbocycles. The number of aromatic nitrogens is 2. The van der Waals surface area contributed by atoms with E-state index in [0.717, 1.165) is 21.3 Å². The predicted octanol–water partition coefficient (Wildman–Crippen LogP) is 4.40. The number of hydrogen-bond donors (Lipinski definition) is 3. The van der Waals surface area contributed by atoms with Gasteiger partial charge in [-0.25, -0.2) is 9.97 Å². The van der Waals surface area contributed by atoms with Crippen LogP contribution in [0, 0.1) is 0 Å². The zero-order valence-electron chi connectivity index (χ0n) is 18.7. The summed E-state index contributed by atoms with van der Waals surface area (Å²) in [6.45, 7) is 2.39. The minimum Gasteiger partial charge on any atom is -0.367 e. The quantitative estimate of drug-likeness (QED) is 0.371. The topological polar surface area (TPSA) is 96.0 Å². The van der Waals surface area contributed by atoms with Crippen molar-refractivity contribution >= 4 is 39.2 Å². The van der Waals surface area contributed by atoms with Gasteiger partial charge in [-0.2, -0.15) is 0 Å². The van der Waals surface area contributed by atoms with E-state index in [0.29, 0.717) is 30.8 Å². The molecule has 1 saturated heterocycles. The van der Waals surface area contributed by atoms with Gasteiger partial charge in [0, 0.05) is 19.2 Å². The lowest BCUT2D eigenvalue weighted by atomic mass is 9.88. The highest BCUT2D eigenvalue weighted by molar-refractivity contribution is 7.16. The predicted molar refractivity (Wildman–Crippen MR) is 134 cm³/mol. The molecule has 8 heteroatoms. The second-order valence-electron chi connectivity index (χ2n) is 8.52. The van der Waals surface area contributed by atoms with Crippen molar-refractivity contribution in [3.8, 4) is 0 Å². The Balaban J connectivity index is 1.33. The van der Waals surface area contributed by atoms with E-state index in [2.05, 4.69) is 32.0 Å². The van der Waals surface area contributed by atoms with Gasteiger partial charge in [-0.05, 0) is 48.7 Å². The number of hydrogen-bond acceptors (Lipinski definition) is 6. The first kappa shape index (κ1) is 22.0. The minimum atomic E-state index is -0.541. The first-order valence-electron chi connectivity index (χ1n) is 11.2. The van der Waals surface area contributed by atoms with E-state index in [9.17, 15) is 9.59 Å². The smallest absolute Gasteiger partial charge is 0.255 e. The molecular formula is C26H25N5O2S. The van der Waals surface area contributed by atoms with E-state index >= 15 is 0 Å². The average molecular weight is 472 g/mol. The number of rotatable bonds is 7. The molecule has 0 bridgehead atoms. The number of fused-ring (bicyclic) bond motifs is 1. The molecule has 34 heavy (non-hydrogen) atoms. The van der Waals surface area contributed by atoms with Gasteiger partial charge in [-0.3, -0.25) is 9.59 Å². The summed E-state index contributed by atoms with van der Waals surface area (Å²) in [5, 5.41) is 9.55. The lowest BCUT2D eigenvalue weighted by Crippen LogP contribution is -2.45. The van der Waals surface area contributed by atoms with Crippen molar-refractivity contribution in [2.24, 2.45) is 0 Å². The highest BCUT2D eigenvalue weighted by Crippen LogP contribution is 2.32. The Bertz CT molecular complexity index is 1340. The Morgan fingerprint density at radius 1 is 1.15 bits per heavy atom. The van der Waals surface area contributed by atoms with Crippen LogP contribution in [-0.2, 0) is 10.3 Å². The maximum absolute atomic E-state index is 13.2. The third-order valence-corrected chi connectivity index (χ3v) is 7.09. The van der Waals surface area contributed by atoms with Crippen molar-refractivity contribution in [2.75, 3.05) is 11.9 Å². The Labute approximate surface area is 201 Å². The Morgan fingerprint density at radius 3 is 2.79 bits per heavy atom. The molecule has 2 unspecified atom stereocenters. The van der Waals surface area contributed by atoms with Crippen LogP contribution in [0.15, 0.2) is 72.4 Å². The minimum absolute atomic E-state index is 0.0244. The molecule has 5 rings (SSSR count). The van der Waals surface area contributed by atoms with Gasteiger partial charge < -0.3 is 16.0 Å². The molecular weight excluding hydrogens is 446 g/mol. The van der Waals surface area contributed by atoms with E-state index in [1.54, 1.807) is 29.7 Å². The lowest BCUT2D eigenvalue weighted by molar-refractivity contribution is -0.119. The highest BCUT2D eigenvalue weighted by atomic mass is 32.1. The molecule has 1 aliphatic heterocycles. The Hall–Kier alpha value is -3.78.